The van der Waals surface area contributed by atoms with Gasteiger partial charge in [0.15, 0.2) is 0 Å². The van der Waals surface area contributed by atoms with Gasteiger partial charge in [0.05, 0.1) is 15.7 Å². The van der Waals surface area contributed by atoms with E-state index in [4.69, 9.17) is 23.2 Å². The van der Waals surface area contributed by atoms with Crippen molar-refractivity contribution in [3.8, 4) is 0 Å². The molecule has 0 atom stereocenters. The summed E-state index contributed by atoms with van der Waals surface area (Å²) in [6.45, 7) is 1.87. The maximum Gasteiger partial charge on any atom is 0.319 e. The van der Waals surface area contributed by atoms with Crippen LogP contribution in [0.25, 0.3) is 0 Å². The van der Waals surface area contributed by atoms with E-state index in [2.05, 4.69) is 10.6 Å². The van der Waals surface area contributed by atoms with Crippen molar-refractivity contribution < 1.29 is 4.79 Å². The topological polar surface area (TPSA) is 41.1 Å². The highest BCUT2D eigenvalue weighted by molar-refractivity contribution is 6.40. The molecule has 2 rings (SSSR count). The van der Waals surface area contributed by atoms with Gasteiger partial charge in [0.25, 0.3) is 0 Å². The van der Waals surface area contributed by atoms with E-state index in [1.807, 2.05) is 13.0 Å². The molecule has 0 bridgehead atoms. The largest absolute Gasteiger partial charge is 0.335 e. The maximum absolute atomic E-state index is 11.8. The van der Waals surface area contributed by atoms with E-state index in [0.717, 1.165) is 18.4 Å². The minimum absolute atomic E-state index is 0.240. The summed E-state index contributed by atoms with van der Waals surface area (Å²) in [4.78, 5) is 11.8. The lowest BCUT2D eigenvalue weighted by Crippen LogP contribution is -2.36. The van der Waals surface area contributed by atoms with Crippen LogP contribution in [-0.4, -0.2) is 12.1 Å². The van der Waals surface area contributed by atoms with E-state index in [9.17, 15) is 4.79 Å². The minimum Gasteiger partial charge on any atom is -0.335 e. The number of amides is 2. The highest BCUT2D eigenvalue weighted by Crippen LogP contribution is 2.32. The van der Waals surface area contributed by atoms with Crippen molar-refractivity contribution >= 4 is 34.9 Å². The van der Waals surface area contributed by atoms with Gasteiger partial charge in [-0.1, -0.05) is 42.1 Å². The van der Waals surface area contributed by atoms with E-state index in [0.29, 0.717) is 15.7 Å². The number of nitrogens with one attached hydrogen (secondary N) is 2. The number of hydrogen-bond acceptors (Lipinski definition) is 1. The van der Waals surface area contributed by atoms with Gasteiger partial charge in [0, 0.05) is 6.04 Å². The number of hydrogen-bond donors (Lipinski definition) is 2. The molecule has 0 aromatic heterocycles. The summed E-state index contributed by atoms with van der Waals surface area (Å²) in [5.74, 6) is 0. The van der Waals surface area contributed by atoms with Crippen molar-refractivity contribution in [3.63, 3.8) is 0 Å². The first kappa shape index (κ1) is 13.5. The predicted octanol–water partition coefficient (Wildman–Crippen LogP) is 4.37. The van der Waals surface area contributed by atoms with Crippen LogP contribution in [-0.2, 0) is 0 Å². The van der Waals surface area contributed by atoms with Gasteiger partial charge < -0.3 is 10.6 Å². The summed E-state index contributed by atoms with van der Waals surface area (Å²) >= 11 is 12.2. The van der Waals surface area contributed by atoms with Crippen molar-refractivity contribution in [3.05, 3.63) is 27.7 Å². The molecule has 1 fully saturated rings. The van der Waals surface area contributed by atoms with Crippen LogP contribution in [0, 0.1) is 6.92 Å². The summed E-state index contributed by atoms with van der Waals surface area (Å²) < 4.78 is 0. The Kier molecular flexibility index (Phi) is 4.36. The first-order chi connectivity index (χ1) is 8.58. The molecule has 0 saturated heterocycles. The molecule has 1 aliphatic rings. The molecular weight excluding hydrogens is 271 g/mol. The Morgan fingerprint density at radius 3 is 2.61 bits per heavy atom. The lowest BCUT2D eigenvalue weighted by Gasteiger charge is -2.15. The number of carbonyl (C=O) groups is 1. The molecule has 1 aromatic rings. The average Bonchev–Trinajstić information content (AvgIpc) is 2.82. The first-order valence-electron chi connectivity index (χ1n) is 6.10. The zero-order valence-corrected chi connectivity index (χ0v) is 11.7. The zero-order chi connectivity index (χ0) is 13.1. The van der Waals surface area contributed by atoms with Crippen molar-refractivity contribution in [2.24, 2.45) is 0 Å². The Balaban J connectivity index is 2.04. The number of halogens is 2. The van der Waals surface area contributed by atoms with Crippen LogP contribution >= 0.6 is 23.2 Å². The Bertz CT molecular complexity index is 457. The lowest BCUT2D eigenvalue weighted by atomic mass is 10.2. The van der Waals surface area contributed by atoms with Crippen LogP contribution in [0.4, 0.5) is 10.5 Å². The van der Waals surface area contributed by atoms with E-state index >= 15 is 0 Å². The van der Waals surface area contributed by atoms with Crippen LogP contribution in [0.2, 0.25) is 10.0 Å². The molecule has 0 radical (unpaired) electrons. The third-order valence-electron chi connectivity index (χ3n) is 3.21. The molecule has 1 aromatic carbocycles. The smallest absolute Gasteiger partial charge is 0.319 e. The summed E-state index contributed by atoms with van der Waals surface area (Å²) in [7, 11) is 0. The molecule has 98 valence electrons. The van der Waals surface area contributed by atoms with E-state index in [1.54, 1.807) is 6.07 Å². The summed E-state index contributed by atoms with van der Waals surface area (Å²) in [5.41, 5.74) is 1.37. The van der Waals surface area contributed by atoms with Crippen molar-refractivity contribution in [2.45, 2.75) is 38.6 Å². The standard InChI is InChI=1S/C13H16Cl2N2O/c1-8-6-7-10(14)12(11(8)15)17-13(18)16-9-4-2-3-5-9/h6-7,9H,2-5H2,1H3,(H2,16,17,18). The molecular formula is C13H16Cl2N2O. The van der Waals surface area contributed by atoms with Gasteiger partial charge in [-0.3, -0.25) is 0 Å². The minimum atomic E-state index is -0.240. The van der Waals surface area contributed by atoms with E-state index < -0.39 is 0 Å². The predicted molar refractivity (Wildman–Crippen MR) is 75.6 cm³/mol. The number of benzene rings is 1. The van der Waals surface area contributed by atoms with Crippen molar-refractivity contribution in [1.29, 1.82) is 0 Å². The highest BCUT2D eigenvalue weighted by atomic mass is 35.5. The van der Waals surface area contributed by atoms with E-state index in [1.165, 1.54) is 12.8 Å². The number of anilines is 1. The van der Waals surface area contributed by atoms with Crippen LogP contribution in [0.3, 0.4) is 0 Å². The molecule has 18 heavy (non-hydrogen) atoms. The van der Waals surface area contributed by atoms with Gasteiger partial charge >= 0.3 is 6.03 Å². The Morgan fingerprint density at radius 2 is 1.94 bits per heavy atom. The number of rotatable bonds is 2. The van der Waals surface area contributed by atoms with Crippen molar-refractivity contribution in [2.75, 3.05) is 5.32 Å². The molecule has 2 N–H and O–H groups in total. The Morgan fingerprint density at radius 1 is 1.28 bits per heavy atom. The summed E-state index contributed by atoms with van der Waals surface area (Å²) in [5, 5.41) is 6.61. The summed E-state index contributed by atoms with van der Waals surface area (Å²) in [6.07, 6.45) is 4.44. The second-order valence-corrected chi connectivity index (χ2v) is 5.42. The lowest BCUT2D eigenvalue weighted by molar-refractivity contribution is 0.248. The van der Waals surface area contributed by atoms with Gasteiger partial charge in [-0.2, -0.15) is 0 Å². The molecule has 3 nitrogen and oxygen atoms in total. The third kappa shape index (κ3) is 3.09. The van der Waals surface area contributed by atoms with Gasteiger partial charge in [-0.15, -0.1) is 0 Å². The second-order valence-electron chi connectivity index (χ2n) is 4.63. The van der Waals surface area contributed by atoms with Crippen LogP contribution in [0.15, 0.2) is 12.1 Å². The normalized spacial score (nSPS) is 15.7. The Hall–Kier alpha value is -0.930. The fourth-order valence-corrected chi connectivity index (χ4v) is 2.64. The quantitative estimate of drug-likeness (QED) is 0.833. The molecule has 0 spiro atoms. The molecule has 2 amide bonds. The van der Waals surface area contributed by atoms with Gasteiger partial charge in [-0.25, -0.2) is 4.79 Å². The monoisotopic (exact) mass is 286 g/mol. The third-order valence-corrected chi connectivity index (χ3v) is 4.02. The molecule has 0 unspecified atom stereocenters. The van der Waals surface area contributed by atoms with Gasteiger partial charge in [-0.05, 0) is 31.4 Å². The SMILES string of the molecule is Cc1ccc(Cl)c(NC(=O)NC2CCCC2)c1Cl. The number of carbonyl (C=O) groups excluding carboxylic acids is 1. The zero-order valence-electron chi connectivity index (χ0n) is 10.2. The second kappa shape index (κ2) is 5.81. The average molecular weight is 287 g/mol. The number of urea groups is 1. The van der Waals surface area contributed by atoms with Crippen LogP contribution in [0.5, 0.6) is 0 Å². The van der Waals surface area contributed by atoms with Crippen LogP contribution in [0.1, 0.15) is 31.2 Å². The molecule has 1 saturated carbocycles. The molecule has 5 heteroatoms. The number of aryl methyl sites for hydroxylation is 1. The molecule has 0 aliphatic heterocycles. The first-order valence-corrected chi connectivity index (χ1v) is 6.85. The van der Waals surface area contributed by atoms with Crippen molar-refractivity contribution in [1.82, 2.24) is 5.32 Å². The Labute approximate surface area is 117 Å². The van der Waals surface area contributed by atoms with Crippen LogP contribution < -0.4 is 10.6 Å². The fraction of sp³-hybridized carbons (Fsp3) is 0.462. The van der Waals surface area contributed by atoms with Gasteiger partial charge in [0.2, 0.25) is 0 Å². The van der Waals surface area contributed by atoms with Gasteiger partial charge in [0.1, 0.15) is 0 Å². The highest BCUT2D eigenvalue weighted by Gasteiger charge is 2.18. The molecule has 1 aliphatic carbocycles. The maximum atomic E-state index is 11.8. The molecule has 0 heterocycles. The summed E-state index contributed by atoms with van der Waals surface area (Å²) in [6, 6.07) is 3.59. The van der Waals surface area contributed by atoms with E-state index in [-0.39, 0.29) is 12.1 Å². The fourth-order valence-electron chi connectivity index (χ4n) is 2.18.